The molecular weight excluding hydrogens is 244 g/mol. The summed E-state index contributed by atoms with van der Waals surface area (Å²) in [5.74, 6) is 0.871. The molecule has 4 heteroatoms. The number of rotatable bonds is 5. The molecule has 0 bridgehead atoms. The van der Waals surface area contributed by atoms with E-state index in [0.717, 1.165) is 17.7 Å². The van der Waals surface area contributed by atoms with Gasteiger partial charge in [-0.25, -0.2) is 0 Å². The maximum Gasteiger partial charge on any atom is 0.122 e. The van der Waals surface area contributed by atoms with Gasteiger partial charge in [0.15, 0.2) is 0 Å². The summed E-state index contributed by atoms with van der Waals surface area (Å²) in [6.07, 6.45) is 0.896. The normalized spacial score (nSPS) is 10.3. The number of benzene rings is 1. The Hall–Kier alpha value is -1.81. The number of nitrogen functional groups attached to an aromatic ring is 1. The smallest absolute Gasteiger partial charge is 0.122 e. The largest absolute Gasteiger partial charge is 0.493 e. The Morgan fingerprint density at radius 1 is 1.39 bits per heavy atom. The second kappa shape index (κ2) is 5.69. The number of nitrogens with one attached hydrogen (secondary N) is 1. The Morgan fingerprint density at radius 2 is 2.22 bits per heavy atom. The zero-order valence-corrected chi connectivity index (χ0v) is 11.1. The van der Waals surface area contributed by atoms with Gasteiger partial charge in [0.1, 0.15) is 11.6 Å². The van der Waals surface area contributed by atoms with Crippen LogP contribution >= 0.6 is 11.3 Å². The lowest BCUT2D eigenvalue weighted by molar-refractivity contribution is 0.320. The molecule has 0 aliphatic carbocycles. The Labute approximate surface area is 111 Å². The van der Waals surface area contributed by atoms with Gasteiger partial charge in [-0.15, -0.1) is 0 Å². The second-order valence-corrected chi connectivity index (χ2v) is 4.90. The lowest BCUT2D eigenvalue weighted by Gasteiger charge is -2.10. The summed E-state index contributed by atoms with van der Waals surface area (Å²) in [5, 5.41) is 11.6. The average molecular weight is 260 g/mol. The van der Waals surface area contributed by atoms with E-state index in [9.17, 15) is 0 Å². The van der Waals surface area contributed by atoms with E-state index in [1.54, 1.807) is 11.3 Å². The minimum Gasteiger partial charge on any atom is -0.493 e. The van der Waals surface area contributed by atoms with E-state index < -0.39 is 0 Å². The zero-order valence-electron chi connectivity index (χ0n) is 10.3. The van der Waals surface area contributed by atoms with Crippen LogP contribution in [-0.2, 0) is 6.42 Å². The Kier molecular flexibility index (Phi) is 3.99. The lowest BCUT2D eigenvalue weighted by Crippen LogP contribution is -2.11. The molecule has 1 aromatic carbocycles. The third-order valence-corrected chi connectivity index (χ3v) is 3.46. The lowest BCUT2D eigenvalue weighted by atomic mass is 10.1. The third kappa shape index (κ3) is 3.11. The third-order valence-electron chi connectivity index (χ3n) is 2.73. The van der Waals surface area contributed by atoms with Crippen molar-refractivity contribution in [2.24, 2.45) is 5.73 Å². The Bertz CT molecular complexity index is 535. The fourth-order valence-electron chi connectivity index (χ4n) is 1.64. The molecule has 3 nitrogen and oxygen atoms in total. The minimum atomic E-state index is 0.0673. The fourth-order valence-corrected chi connectivity index (χ4v) is 2.34. The minimum absolute atomic E-state index is 0.0673. The standard InChI is InChI=1S/C14H16N2OS/c1-10-2-3-12(14(15)16)8-13(10)17-6-4-11-5-7-18-9-11/h2-3,5,7-9H,4,6H2,1H3,(H3,15,16). The second-order valence-electron chi connectivity index (χ2n) is 4.12. The van der Waals surface area contributed by atoms with Gasteiger partial charge in [-0.1, -0.05) is 12.1 Å². The highest BCUT2D eigenvalue weighted by atomic mass is 32.1. The van der Waals surface area contributed by atoms with Gasteiger partial charge in [0.2, 0.25) is 0 Å². The van der Waals surface area contributed by atoms with Crippen molar-refractivity contribution in [2.45, 2.75) is 13.3 Å². The summed E-state index contributed by atoms with van der Waals surface area (Å²) in [7, 11) is 0. The van der Waals surface area contributed by atoms with Crippen LogP contribution in [0.2, 0.25) is 0 Å². The number of amidine groups is 1. The molecule has 0 saturated carbocycles. The van der Waals surface area contributed by atoms with Gasteiger partial charge < -0.3 is 10.5 Å². The number of nitrogens with two attached hydrogens (primary N) is 1. The van der Waals surface area contributed by atoms with Crippen LogP contribution in [0.1, 0.15) is 16.7 Å². The quantitative estimate of drug-likeness (QED) is 0.641. The molecular formula is C14H16N2OS. The number of hydrogen-bond donors (Lipinski definition) is 2. The molecule has 3 N–H and O–H groups in total. The van der Waals surface area contributed by atoms with Crippen molar-refractivity contribution >= 4 is 17.2 Å². The highest BCUT2D eigenvalue weighted by Crippen LogP contribution is 2.19. The maximum absolute atomic E-state index is 7.42. The monoisotopic (exact) mass is 260 g/mol. The van der Waals surface area contributed by atoms with Crippen molar-refractivity contribution in [3.05, 3.63) is 51.7 Å². The summed E-state index contributed by atoms with van der Waals surface area (Å²) in [6, 6.07) is 7.69. The molecule has 0 saturated heterocycles. The first-order valence-corrected chi connectivity index (χ1v) is 6.70. The summed E-state index contributed by atoms with van der Waals surface area (Å²) >= 11 is 1.70. The van der Waals surface area contributed by atoms with E-state index in [0.29, 0.717) is 12.2 Å². The first-order valence-electron chi connectivity index (χ1n) is 5.76. The number of aryl methyl sites for hydroxylation is 1. The van der Waals surface area contributed by atoms with Gasteiger partial charge in [-0.05, 0) is 40.9 Å². The first-order chi connectivity index (χ1) is 8.66. The van der Waals surface area contributed by atoms with Crippen LogP contribution in [0.5, 0.6) is 5.75 Å². The van der Waals surface area contributed by atoms with Gasteiger partial charge in [-0.3, -0.25) is 5.41 Å². The molecule has 0 spiro atoms. The summed E-state index contributed by atoms with van der Waals surface area (Å²) in [6.45, 7) is 2.63. The molecule has 0 unspecified atom stereocenters. The molecule has 1 aromatic heterocycles. The SMILES string of the molecule is Cc1ccc(C(=N)N)cc1OCCc1ccsc1. The first kappa shape index (κ1) is 12.6. The van der Waals surface area contributed by atoms with Crippen molar-refractivity contribution in [1.29, 1.82) is 5.41 Å². The molecule has 0 atom stereocenters. The van der Waals surface area contributed by atoms with E-state index in [4.69, 9.17) is 15.9 Å². The van der Waals surface area contributed by atoms with E-state index in [-0.39, 0.29) is 5.84 Å². The van der Waals surface area contributed by atoms with Gasteiger partial charge in [0.25, 0.3) is 0 Å². The molecule has 2 aromatic rings. The summed E-state index contributed by atoms with van der Waals surface area (Å²) < 4.78 is 5.75. The van der Waals surface area contributed by atoms with Crippen molar-refractivity contribution in [3.63, 3.8) is 0 Å². The number of thiophene rings is 1. The van der Waals surface area contributed by atoms with Crippen molar-refractivity contribution < 1.29 is 4.74 Å². The predicted octanol–water partition coefficient (Wildman–Crippen LogP) is 2.96. The number of ether oxygens (including phenoxy) is 1. The van der Waals surface area contributed by atoms with Crippen LogP contribution in [-0.4, -0.2) is 12.4 Å². The van der Waals surface area contributed by atoms with Crippen molar-refractivity contribution in [3.8, 4) is 5.75 Å². The molecule has 2 rings (SSSR count). The zero-order chi connectivity index (χ0) is 13.0. The van der Waals surface area contributed by atoms with Gasteiger partial charge >= 0.3 is 0 Å². The van der Waals surface area contributed by atoms with Gasteiger partial charge in [0, 0.05) is 12.0 Å². The molecule has 0 radical (unpaired) electrons. The maximum atomic E-state index is 7.42. The molecule has 94 valence electrons. The van der Waals surface area contributed by atoms with Gasteiger partial charge in [0.05, 0.1) is 6.61 Å². The van der Waals surface area contributed by atoms with Crippen LogP contribution in [0.4, 0.5) is 0 Å². The van der Waals surface area contributed by atoms with E-state index in [2.05, 4.69) is 16.8 Å². The van der Waals surface area contributed by atoms with Crippen LogP contribution < -0.4 is 10.5 Å². The fraction of sp³-hybridized carbons (Fsp3) is 0.214. The van der Waals surface area contributed by atoms with Crippen molar-refractivity contribution in [2.75, 3.05) is 6.61 Å². The molecule has 0 amide bonds. The van der Waals surface area contributed by atoms with Crippen molar-refractivity contribution in [1.82, 2.24) is 0 Å². The highest BCUT2D eigenvalue weighted by molar-refractivity contribution is 7.07. The van der Waals surface area contributed by atoms with Crippen LogP contribution in [0, 0.1) is 12.3 Å². The van der Waals surface area contributed by atoms with Crippen LogP contribution in [0.25, 0.3) is 0 Å². The van der Waals surface area contributed by atoms with Crippen LogP contribution in [0.15, 0.2) is 35.0 Å². The predicted molar refractivity (Wildman–Crippen MR) is 75.7 cm³/mol. The summed E-state index contributed by atoms with van der Waals surface area (Å²) in [4.78, 5) is 0. The highest BCUT2D eigenvalue weighted by Gasteiger charge is 2.04. The Balaban J connectivity index is 2.00. The van der Waals surface area contributed by atoms with Gasteiger partial charge in [-0.2, -0.15) is 11.3 Å². The molecule has 1 heterocycles. The summed E-state index contributed by atoms with van der Waals surface area (Å²) in [5.41, 5.74) is 8.52. The molecule has 0 fully saturated rings. The molecule has 0 aliphatic rings. The Morgan fingerprint density at radius 3 is 2.89 bits per heavy atom. The van der Waals surface area contributed by atoms with E-state index in [1.807, 2.05) is 25.1 Å². The topological polar surface area (TPSA) is 59.1 Å². The van der Waals surface area contributed by atoms with E-state index in [1.165, 1.54) is 5.56 Å². The molecule has 0 aliphatic heterocycles. The van der Waals surface area contributed by atoms with E-state index >= 15 is 0 Å². The average Bonchev–Trinajstić information content (AvgIpc) is 2.84. The van der Waals surface area contributed by atoms with Crippen LogP contribution in [0.3, 0.4) is 0 Å². The molecule has 18 heavy (non-hydrogen) atoms. The number of hydrogen-bond acceptors (Lipinski definition) is 3.